The van der Waals surface area contributed by atoms with Crippen molar-refractivity contribution in [3.05, 3.63) is 12.2 Å². The summed E-state index contributed by atoms with van der Waals surface area (Å²) in [4.78, 5) is 35.8. The molecule has 372 valence electrons. The summed E-state index contributed by atoms with van der Waals surface area (Å²) in [6.07, 6.45) is 29.7. The molecule has 63 heavy (non-hydrogen) atoms. The highest BCUT2D eigenvalue weighted by Gasteiger charge is 2.51. The maximum absolute atomic E-state index is 12.8. The van der Waals surface area contributed by atoms with Crippen LogP contribution in [0.15, 0.2) is 12.2 Å². The molecule has 0 bridgehead atoms. The van der Waals surface area contributed by atoms with Gasteiger partial charge in [-0.2, -0.15) is 0 Å². The molecule has 0 radical (unpaired) electrons. The van der Waals surface area contributed by atoms with Gasteiger partial charge < -0.3 is 39.9 Å². The van der Waals surface area contributed by atoms with Crippen molar-refractivity contribution in [3.63, 3.8) is 0 Å². The average Bonchev–Trinajstić information content (AvgIpc) is 3.26. The van der Waals surface area contributed by atoms with Crippen molar-refractivity contribution in [2.24, 2.45) is 0 Å². The number of unbranched alkanes of at least 4 members (excludes halogenated alkanes) is 29. The number of hydrogen-bond acceptors (Lipinski definition) is 12. The molecule has 1 saturated carbocycles. The first kappa shape index (κ1) is 59.6. The second-order valence-corrected chi connectivity index (χ2v) is 19.4. The van der Waals surface area contributed by atoms with Crippen molar-refractivity contribution in [1.29, 1.82) is 0 Å². The minimum absolute atomic E-state index is 0.103. The molecule has 6 N–H and O–H groups in total. The molecule has 0 amide bonds. The van der Waals surface area contributed by atoms with Crippen molar-refractivity contribution in [2.75, 3.05) is 13.2 Å². The monoisotopic (exact) mass is 921 g/mol. The molecule has 1 aliphatic carbocycles. The zero-order chi connectivity index (χ0) is 46.4. The Hall–Kier alpha value is -1.41. The first-order valence-electron chi connectivity index (χ1n) is 25.5. The molecule has 1 rings (SSSR count). The lowest BCUT2D eigenvalue weighted by Gasteiger charge is -2.41. The lowest BCUT2D eigenvalue weighted by Crippen LogP contribution is -2.64. The van der Waals surface area contributed by atoms with Gasteiger partial charge in [-0.25, -0.2) is 4.57 Å². The highest BCUT2D eigenvalue weighted by molar-refractivity contribution is 7.47. The van der Waals surface area contributed by atoms with E-state index in [9.17, 15) is 44.6 Å². The van der Waals surface area contributed by atoms with Gasteiger partial charge in [-0.05, 0) is 32.1 Å². The average molecular weight is 921 g/mol. The van der Waals surface area contributed by atoms with Crippen molar-refractivity contribution < 1.29 is 63.1 Å². The zero-order valence-corrected chi connectivity index (χ0v) is 40.5. The number of rotatable bonds is 43. The van der Waals surface area contributed by atoms with Crippen LogP contribution in [-0.2, 0) is 32.7 Å². The summed E-state index contributed by atoms with van der Waals surface area (Å²) >= 11 is 0. The van der Waals surface area contributed by atoms with Gasteiger partial charge >= 0.3 is 19.8 Å². The van der Waals surface area contributed by atoms with E-state index in [2.05, 4.69) is 26.0 Å². The number of hydrogen-bond donors (Lipinski definition) is 6. The number of allylic oxidation sites excluding steroid dienone is 2. The van der Waals surface area contributed by atoms with Gasteiger partial charge in [-0.15, -0.1) is 0 Å². The SMILES string of the molecule is CCCC/C=C/CCCCCCCCCCCC(=O)OC[C@H](COP(=O)(O)OC1C(O)C(O)C(O)[C@@H](O)C1O)OC(=O)CCCCCCCCCCCCCCCCCCCCC. The molecule has 0 heterocycles. The first-order valence-corrected chi connectivity index (χ1v) is 27.0. The van der Waals surface area contributed by atoms with E-state index in [1.165, 1.54) is 148 Å². The summed E-state index contributed by atoms with van der Waals surface area (Å²) < 4.78 is 33.6. The molecule has 0 saturated heterocycles. The lowest BCUT2D eigenvalue weighted by molar-refractivity contribution is -0.220. The van der Waals surface area contributed by atoms with Gasteiger partial charge in [0.05, 0.1) is 6.61 Å². The normalized spacial score (nSPS) is 21.7. The van der Waals surface area contributed by atoms with Crippen LogP contribution in [0.1, 0.15) is 232 Å². The third kappa shape index (κ3) is 32.0. The molecule has 0 aromatic heterocycles. The third-order valence-corrected chi connectivity index (χ3v) is 13.1. The third-order valence-electron chi connectivity index (χ3n) is 12.1. The maximum atomic E-state index is 12.8. The largest absolute Gasteiger partial charge is 0.472 e. The summed E-state index contributed by atoms with van der Waals surface area (Å²) in [5, 5.41) is 50.2. The van der Waals surface area contributed by atoms with Gasteiger partial charge in [-0.1, -0.05) is 199 Å². The van der Waals surface area contributed by atoms with E-state index in [1.54, 1.807) is 0 Å². The number of ether oxygens (including phenoxy) is 2. The highest BCUT2D eigenvalue weighted by Crippen LogP contribution is 2.47. The van der Waals surface area contributed by atoms with Gasteiger partial charge in [0.2, 0.25) is 0 Å². The Morgan fingerprint density at radius 2 is 0.825 bits per heavy atom. The molecule has 1 fully saturated rings. The van der Waals surface area contributed by atoms with Crippen LogP contribution in [0.4, 0.5) is 0 Å². The molecule has 8 atom stereocenters. The van der Waals surface area contributed by atoms with Crippen LogP contribution in [0.2, 0.25) is 0 Å². The van der Waals surface area contributed by atoms with E-state index in [0.29, 0.717) is 12.8 Å². The fourth-order valence-electron chi connectivity index (χ4n) is 7.98. The number of aliphatic hydroxyl groups excluding tert-OH is 5. The van der Waals surface area contributed by atoms with Crippen LogP contribution in [0.25, 0.3) is 0 Å². The molecule has 0 spiro atoms. The molecule has 14 heteroatoms. The van der Waals surface area contributed by atoms with Gasteiger partial charge in [0.15, 0.2) is 6.10 Å². The van der Waals surface area contributed by atoms with Crippen LogP contribution in [0.5, 0.6) is 0 Å². The minimum atomic E-state index is -5.12. The fraction of sp³-hybridized carbons (Fsp3) is 0.918. The van der Waals surface area contributed by atoms with E-state index in [1.807, 2.05) is 0 Å². The van der Waals surface area contributed by atoms with Gasteiger partial charge in [0, 0.05) is 12.8 Å². The molecule has 0 aromatic rings. The quantitative estimate of drug-likeness (QED) is 0.0146. The molecule has 13 nitrogen and oxygen atoms in total. The zero-order valence-electron chi connectivity index (χ0n) is 39.6. The Balaban J connectivity index is 2.39. The van der Waals surface area contributed by atoms with Crippen molar-refractivity contribution in [3.8, 4) is 0 Å². The van der Waals surface area contributed by atoms with E-state index in [0.717, 1.165) is 44.9 Å². The van der Waals surface area contributed by atoms with Crippen LogP contribution in [-0.4, -0.2) is 98.3 Å². The van der Waals surface area contributed by atoms with E-state index in [4.69, 9.17) is 18.5 Å². The van der Waals surface area contributed by atoms with Crippen molar-refractivity contribution in [1.82, 2.24) is 0 Å². The summed E-state index contributed by atoms with van der Waals surface area (Å²) in [5.41, 5.74) is 0. The summed E-state index contributed by atoms with van der Waals surface area (Å²) in [6, 6.07) is 0. The molecular weight excluding hydrogens is 827 g/mol. The molecular formula is C49H93O13P. The smallest absolute Gasteiger partial charge is 0.462 e. The summed E-state index contributed by atoms with van der Waals surface area (Å²) in [5.74, 6) is -1.09. The topological polar surface area (TPSA) is 210 Å². The summed E-state index contributed by atoms with van der Waals surface area (Å²) in [6.45, 7) is 3.31. The highest BCUT2D eigenvalue weighted by atomic mass is 31.2. The van der Waals surface area contributed by atoms with Gasteiger partial charge in [0.1, 0.15) is 43.2 Å². The number of phosphoric acid groups is 1. The predicted molar refractivity (Wildman–Crippen MR) is 249 cm³/mol. The van der Waals surface area contributed by atoms with Crippen molar-refractivity contribution >= 4 is 19.8 Å². The molecule has 0 aromatic carbocycles. The molecule has 0 aliphatic heterocycles. The Morgan fingerprint density at radius 3 is 1.25 bits per heavy atom. The molecule has 6 unspecified atom stereocenters. The number of carbonyl (C=O) groups excluding carboxylic acids is 2. The maximum Gasteiger partial charge on any atom is 0.472 e. The fourth-order valence-corrected chi connectivity index (χ4v) is 8.95. The van der Waals surface area contributed by atoms with Crippen molar-refractivity contribution in [2.45, 2.75) is 275 Å². The lowest BCUT2D eigenvalue weighted by atomic mass is 9.85. The Bertz CT molecular complexity index is 1160. The van der Waals surface area contributed by atoms with E-state index in [-0.39, 0.29) is 12.8 Å². The van der Waals surface area contributed by atoms with Gasteiger partial charge in [-0.3, -0.25) is 18.6 Å². The Morgan fingerprint density at radius 1 is 0.476 bits per heavy atom. The van der Waals surface area contributed by atoms with E-state index >= 15 is 0 Å². The number of carbonyl (C=O) groups is 2. The Kier molecular flexibility index (Phi) is 37.6. The standard InChI is InChI=1S/C49H93O13P/c1-3-5-7-9-11-13-15-17-19-20-21-22-24-26-28-30-32-34-36-38-43(51)61-41(40-60-63(57,58)62-49-47(55)45(53)44(52)46(54)48(49)56)39-59-42(50)37-35-33-31-29-27-25-23-18-16-14-12-10-8-6-4-2/h10,12,41,44-49,52-56H,3-9,11,13-40H2,1-2H3,(H,57,58)/b12-10+/t41-,44?,45-,46?,47?,48?,49?/m1/s1. The predicted octanol–water partition coefficient (Wildman–Crippen LogP) is 10.6. The second-order valence-electron chi connectivity index (χ2n) is 18.0. The minimum Gasteiger partial charge on any atom is -0.462 e. The van der Waals surface area contributed by atoms with Crippen LogP contribution < -0.4 is 0 Å². The van der Waals surface area contributed by atoms with Crippen LogP contribution >= 0.6 is 7.82 Å². The molecule has 1 aliphatic rings. The van der Waals surface area contributed by atoms with Crippen LogP contribution in [0.3, 0.4) is 0 Å². The summed E-state index contributed by atoms with van der Waals surface area (Å²) in [7, 11) is -5.12. The number of phosphoric ester groups is 1. The Labute approximate surface area is 382 Å². The second kappa shape index (κ2) is 39.7. The van der Waals surface area contributed by atoms with Crippen LogP contribution in [0, 0.1) is 0 Å². The first-order chi connectivity index (χ1) is 30.4. The van der Waals surface area contributed by atoms with E-state index < -0.39 is 75.7 Å². The number of esters is 2. The van der Waals surface area contributed by atoms with Gasteiger partial charge in [0.25, 0.3) is 0 Å². The number of aliphatic hydroxyl groups is 5.